The number of nitrogens with two attached hydrogens (primary N) is 1. The second-order valence-electron chi connectivity index (χ2n) is 5.27. The largest absolute Gasteiger partial charge is 0.375 e. The lowest BCUT2D eigenvalue weighted by atomic mass is 10.1. The van der Waals surface area contributed by atoms with Crippen molar-refractivity contribution < 1.29 is 4.74 Å². The van der Waals surface area contributed by atoms with E-state index in [2.05, 4.69) is 35.1 Å². The molecule has 19 heavy (non-hydrogen) atoms. The Balaban J connectivity index is 1.90. The van der Waals surface area contributed by atoms with Crippen molar-refractivity contribution in [1.29, 1.82) is 0 Å². The van der Waals surface area contributed by atoms with Gasteiger partial charge in [-0.25, -0.2) is 4.98 Å². The second kappa shape index (κ2) is 4.83. The van der Waals surface area contributed by atoms with E-state index in [1.54, 1.807) is 0 Å². The van der Waals surface area contributed by atoms with E-state index in [1.165, 1.54) is 5.56 Å². The minimum atomic E-state index is 0.243. The molecule has 102 valence electrons. The van der Waals surface area contributed by atoms with E-state index in [0.29, 0.717) is 5.95 Å². The van der Waals surface area contributed by atoms with Gasteiger partial charge in [0.05, 0.1) is 23.7 Å². The van der Waals surface area contributed by atoms with E-state index < -0.39 is 0 Å². The van der Waals surface area contributed by atoms with Crippen LogP contribution in [0.5, 0.6) is 0 Å². The Hall–Kier alpha value is -1.59. The standard InChI is InChI=1S/C14H20N4O/c1-17-6-7-19-11(9-17)8-10-4-3-5-12-13(10)16-14(15)18(12)2/h3-5,11H,6-9H2,1-2H3,(H2,15,16). The van der Waals surface area contributed by atoms with E-state index >= 15 is 0 Å². The van der Waals surface area contributed by atoms with Gasteiger partial charge in [-0.05, 0) is 18.7 Å². The highest BCUT2D eigenvalue weighted by molar-refractivity contribution is 5.81. The van der Waals surface area contributed by atoms with Gasteiger partial charge in [0.15, 0.2) is 0 Å². The van der Waals surface area contributed by atoms with E-state index in [9.17, 15) is 0 Å². The first-order chi connectivity index (χ1) is 9.15. The fourth-order valence-electron chi connectivity index (χ4n) is 2.69. The van der Waals surface area contributed by atoms with Gasteiger partial charge in [0.1, 0.15) is 0 Å². The Labute approximate surface area is 113 Å². The number of rotatable bonds is 2. The van der Waals surface area contributed by atoms with Crippen molar-refractivity contribution in [3.8, 4) is 0 Å². The SMILES string of the molecule is CN1CCOC(Cc2cccc3c2nc(N)n3C)C1. The van der Waals surface area contributed by atoms with Gasteiger partial charge in [0.2, 0.25) is 5.95 Å². The van der Waals surface area contributed by atoms with Crippen LogP contribution >= 0.6 is 0 Å². The Morgan fingerprint density at radius 3 is 3.05 bits per heavy atom. The van der Waals surface area contributed by atoms with Crippen molar-refractivity contribution in [2.45, 2.75) is 12.5 Å². The zero-order chi connectivity index (χ0) is 13.4. The Kier molecular flexibility index (Phi) is 3.16. The second-order valence-corrected chi connectivity index (χ2v) is 5.27. The van der Waals surface area contributed by atoms with Crippen LogP contribution in [0.4, 0.5) is 5.95 Å². The number of anilines is 1. The zero-order valence-corrected chi connectivity index (χ0v) is 11.5. The summed E-state index contributed by atoms with van der Waals surface area (Å²) in [7, 11) is 4.08. The number of para-hydroxylation sites is 1. The summed E-state index contributed by atoms with van der Waals surface area (Å²) < 4.78 is 7.75. The molecule has 0 saturated carbocycles. The molecule has 2 N–H and O–H groups in total. The lowest BCUT2D eigenvalue weighted by Gasteiger charge is -2.30. The van der Waals surface area contributed by atoms with E-state index in [1.807, 2.05) is 11.6 Å². The van der Waals surface area contributed by atoms with Crippen LogP contribution in [0.1, 0.15) is 5.56 Å². The van der Waals surface area contributed by atoms with Crippen molar-refractivity contribution >= 4 is 17.0 Å². The van der Waals surface area contributed by atoms with Crippen LogP contribution in [-0.2, 0) is 18.2 Å². The van der Waals surface area contributed by atoms with Gasteiger partial charge in [-0.2, -0.15) is 0 Å². The summed E-state index contributed by atoms with van der Waals surface area (Å²) in [6, 6.07) is 6.23. The van der Waals surface area contributed by atoms with Gasteiger partial charge >= 0.3 is 0 Å². The number of aromatic nitrogens is 2. The summed E-state index contributed by atoms with van der Waals surface area (Å²) in [5.41, 5.74) is 9.18. The molecule has 5 heteroatoms. The number of likely N-dealkylation sites (N-methyl/N-ethyl adjacent to an activating group) is 1. The first-order valence-electron chi connectivity index (χ1n) is 6.65. The van der Waals surface area contributed by atoms with Crippen molar-refractivity contribution in [2.24, 2.45) is 7.05 Å². The van der Waals surface area contributed by atoms with Gasteiger partial charge in [0, 0.05) is 26.6 Å². The molecule has 0 bridgehead atoms. The number of benzene rings is 1. The highest BCUT2D eigenvalue weighted by Crippen LogP contribution is 2.22. The highest BCUT2D eigenvalue weighted by atomic mass is 16.5. The Morgan fingerprint density at radius 1 is 1.42 bits per heavy atom. The molecule has 1 fully saturated rings. The average Bonchev–Trinajstić information content (AvgIpc) is 2.67. The van der Waals surface area contributed by atoms with Gasteiger partial charge in [0.25, 0.3) is 0 Å². The number of nitrogen functional groups attached to an aromatic ring is 1. The van der Waals surface area contributed by atoms with Gasteiger partial charge < -0.3 is 19.9 Å². The number of aryl methyl sites for hydroxylation is 1. The zero-order valence-electron chi connectivity index (χ0n) is 11.5. The van der Waals surface area contributed by atoms with Crippen LogP contribution in [0.15, 0.2) is 18.2 Å². The van der Waals surface area contributed by atoms with Crippen LogP contribution in [0, 0.1) is 0 Å². The van der Waals surface area contributed by atoms with Crippen LogP contribution in [0.2, 0.25) is 0 Å². The smallest absolute Gasteiger partial charge is 0.200 e. The quantitative estimate of drug-likeness (QED) is 0.876. The van der Waals surface area contributed by atoms with Crippen LogP contribution in [0.25, 0.3) is 11.0 Å². The fraction of sp³-hybridized carbons (Fsp3) is 0.500. The van der Waals surface area contributed by atoms with Crippen molar-refractivity contribution in [3.05, 3.63) is 23.8 Å². The molecular weight excluding hydrogens is 240 g/mol. The molecule has 1 aromatic heterocycles. The molecule has 1 atom stereocenters. The maximum atomic E-state index is 5.89. The van der Waals surface area contributed by atoms with Gasteiger partial charge in [-0.1, -0.05) is 12.1 Å². The van der Waals surface area contributed by atoms with E-state index in [-0.39, 0.29) is 6.10 Å². The molecule has 0 aliphatic carbocycles. The van der Waals surface area contributed by atoms with Crippen molar-refractivity contribution in [1.82, 2.24) is 14.5 Å². The Bertz CT molecular complexity index is 592. The predicted octanol–water partition coefficient (Wildman–Crippen LogP) is 1.03. The molecular formula is C14H20N4O. The highest BCUT2D eigenvalue weighted by Gasteiger charge is 2.20. The number of imidazole rings is 1. The third-order valence-corrected chi connectivity index (χ3v) is 3.82. The van der Waals surface area contributed by atoms with Crippen molar-refractivity contribution in [3.63, 3.8) is 0 Å². The van der Waals surface area contributed by atoms with Gasteiger partial charge in [-0.15, -0.1) is 0 Å². The maximum absolute atomic E-state index is 5.89. The molecule has 2 aromatic rings. The third kappa shape index (κ3) is 2.31. The van der Waals surface area contributed by atoms with Crippen LogP contribution in [0.3, 0.4) is 0 Å². The minimum absolute atomic E-state index is 0.243. The fourth-order valence-corrected chi connectivity index (χ4v) is 2.69. The molecule has 0 spiro atoms. The number of fused-ring (bicyclic) bond motifs is 1. The molecule has 1 unspecified atom stereocenters. The van der Waals surface area contributed by atoms with Crippen molar-refractivity contribution in [2.75, 3.05) is 32.5 Å². The average molecular weight is 260 g/mol. The number of ether oxygens (including phenoxy) is 1. The number of morpholine rings is 1. The normalized spacial score (nSPS) is 21.1. The molecule has 1 saturated heterocycles. The van der Waals surface area contributed by atoms with Crippen LogP contribution < -0.4 is 5.73 Å². The monoisotopic (exact) mass is 260 g/mol. The minimum Gasteiger partial charge on any atom is -0.375 e. The number of hydrogen-bond acceptors (Lipinski definition) is 4. The molecule has 3 rings (SSSR count). The summed E-state index contributed by atoms with van der Waals surface area (Å²) in [5, 5.41) is 0. The summed E-state index contributed by atoms with van der Waals surface area (Å²) in [6.45, 7) is 2.79. The number of hydrogen-bond donors (Lipinski definition) is 1. The van der Waals surface area contributed by atoms with E-state index in [0.717, 1.165) is 37.2 Å². The molecule has 5 nitrogen and oxygen atoms in total. The summed E-state index contributed by atoms with van der Waals surface area (Å²) in [6.07, 6.45) is 1.13. The lowest BCUT2D eigenvalue weighted by Crippen LogP contribution is -2.40. The first kappa shape index (κ1) is 12.4. The molecule has 2 heterocycles. The summed E-state index contributed by atoms with van der Waals surface area (Å²) in [5.74, 6) is 0.559. The molecule has 0 radical (unpaired) electrons. The topological polar surface area (TPSA) is 56.3 Å². The third-order valence-electron chi connectivity index (χ3n) is 3.82. The molecule has 1 aliphatic rings. The predicted molar refractivity (Wildman–Crippen MR) is 76.1 cm³/mol. The molecule has 1 aliphatic heterocycles. The van der Waals surface area contributed by atoms with Gasteiger partial charge in [-0.3, -0.25) is 0 Å². The summed E-state index contributed by atoms with van der Waals surface area (Å²) >= 11 is 0. The number of nitrogens with zero attached hydrogens (tertiary/aromatic N) is 3. The first-order valence-corrected chi connectivity index (χ1v) is 6.65. The Morgan fingerprint density at radius 2 is 2.26 bits per heavy atom. The molecule has 0 amide bonds. The van der Waals surface area contributed by atoms with Crippen LogP contribution in [-0.4, -0.2) is 47.3 Å². The maximum Gasteiger partial charge on any atom is 0.200 e. The summed E-state index contributed by atoms with van der Waals surface area (Å²) in [4.78, 5) is 6.78. The molecule has 1 aromatic carbocycles. The lowest BCUT2D eigenvalue weighted by molar-refractivity contribution is -0.0184. The van der Waals surface area contributed by atoms with E-state index in [4.69, 9.17) is 10.5 Å².